The van der Waals surface area contributed by atoms with Crippen LogP contribution in [0, 0.1) is 6.92 Å². The Morgan fingerprint density at radius 3 is 1.63 bits per heavy atom. The summed E-state index contributed by atoms with van der Waals surface area (Å²) >= 11 is 0. The van der Waals surface area contributed by atoms with E-state index in [9.17, 15) is 0 Å². The number of para-hydroxylation sites is 1. The highest BCUT2D eigenvalue weighted by atomic mass is 15.1. The predicted molar refractivity (Wildman–Crippen MR) is 197 cm³/mol. The minimum absolute atomic E-state index is 0.817. The quantitative estimate of drug-likeness (QED) is 0.177. The normalized spacial score (nSPS) is 11.3. The summed E-state index contributed by atoms with van der Waals surface area (Å²) < 4.78 is 2.16. The molecule has 0 saturated heterocycles. The first-order valence-electron chi connectivity index (χ1n) is 15.6. The number of aryl methyl sites for hydroxylation is 1. The van der Waals surface area contributed by atoms with Crippen LogP contribution < -0.4 is 0 Å². The Hall–Kier alpha value is -5.99. The summed E-state index contributed by atoms with van der Waals surface area (Å²) in [7, 11) is 0. The van der Waals surface area contributed by atoms with Crippen LogP contribution in [0.5, 0.6) is 0 Å². The van der Waals surface area contributed by atoms with Gasteiger partial charge in [0.2, 0.25) is 0 Å². The van der Waals surface area contributed by atoms with E-state index in [-0.39, 0.29) is 0 Å². The first-order valence-corrected chi connectivity index (χ1v) is 15.6. The Morgan fingerprint density at radius 1 is 0.522 bits per heavy atom. The fourth-order valence-electron chi connectivity index (χ4n) is 6.92. The van der Waals surface area contributed by atoms with E-state index >= 15 is 0 Å². The Balaban J connectivity index is 1.32. The molecule has 0 atom stereocenters. The van der Waals surface area contributed by atoms with Crippen LogP contribution in [0.2, 0.25) is 0 Å². The summed E-state index contributed by atoms with van der Waals surface area (Å²) in [6, 6.07) is 50.3. The molecule has 0 fully saturated rings. The number of rotatable bonds is 6. The van der Waals surface area contributed by atoms with Crippen LogP contribution in [0.15, 0.2) is 153 Å². The number of nitrogens with zero attached hydrogens (tertiary/aromatic N) is 2. The van der Waals surface area contributed by atoms with Crippen molar-refractivity contribution in [2.45, 2.75) is 6.92 Å². The second-order valence-corrected chi connectivity index (χ2v) is 11.8. The number of benzene rings is 7. The first kappa shape index (κ1) is 27.6. The van der Waals surface area contributed by atoms with Crippen LogP contribution in [0.1, 0.15) is 17.0 Å². The zero-order valence-corrected chi connectivity index (χ0v) is 25.7. The summed E-state index contributed by atoms with van der Waals surface area (Å²) in [5.74, 6) is 0.866. The summed E-state index contributed by atoms with van der Waals surface area (Å²) in [4.78, 5) is 5.00. The monoisotopic (exact) mass is 588 g/mol. The molecule has 0 saturated carbocycles. The lowest BCUT2D eigenvalue weighted by Crippen LogP contribution is -1.99. The van der Waals surface area contributed by atoms with E-state index in [1.807, 2.05) is 24.3 Å². The SMILES string of the molecule is C=Cc1nc(-c2ccc3cc(-c4c5ccccc5c(-c5cccc(C)c5)c5ccccc45)ccc3c2)n(-c2ccccc2)c1C=C. The van der Waals surface area contributed by atoms with Crippen molar-refractivity contribution in [3.8, 4) is 39.3 Å². The maximum absolute atomic E-state index is 5.00. The van der Waals surface area contributed by atoms with E-state index in [0.717, 1.165) is 33.8 Å². The third-order valence-corrected chi connectivity index (χ3v) is 8.97. The van der Waals surface area contributed by atoms with Crippen LogP contribution in [0.4, 0.5) is 0 Å². The molecule has 218 valence electrons. The number of hydrogen-bond donors (Lipinski definition) is 0. The molecule has 0 radical (unpaired) electrons. The van der Waals surface area contributed by atoms with Crippen LogP contribution in [-0.2, 0) is 0 Å². The van der Waals surface area contributed by atoms with Gasteiger partial charge in [0, 0.05) is 11.3 Å². The Kier molecular flexibility index (Phi) is 6.69. The van der Waals surface area contributed by atoms with E-state index in [0.29, 0.717) is 0 Å². The number of fused-ring (bicyclic) bond motifs is 3. The molecule has 0 amide bonds. The minimum Gasteiger partial charge on any atom is -0.292 e. The number of aromatic nitrogens is 2. The van der Waals surface area contributed by atoms with Gasteiger partial charge in [-0.15, -0.1) is 0 Å². The maximum atomic E-state index is 5.00. The molecule has 2 nitrogen and oxygen atoms in total. The van der Waals surface area contributed by atoms with E-state index < -0.39 is 0 Å². The lowest BCUT2D eigenvalue weighted by atomic mass is 9.85. The van der Waals surface area contributed by atoms with E-state index in [4.69, 9.17) is 4.98 Å². The van der Waals surface area contributed by atoms with Gasteiger partial charge in [-0.05, 0) is 97.9 Å². The third-order valence-electron chi connectivity index (χ3n) is 8.97. The highest BCUT2D eigenvalue weighted by Gasteiger charge is 2.19. The van der Waals surface area contributed by atoms with Gasteiger partial charge in [-0.25, -0.2) is 4.98 Å². The lowest BCUT2D eigenvalue weighted by Gasteiger charge is -2.18. The van der Waals surface area contributed by atoms with Gasteiger partial charge >= 0.3 is 0 Å². The van der Waals surface area contributed by atoms with Crippen molar-refractivity contribution in [2.75, 3.05) is 0 Å². The Bertz CT molecular complexity index is 2400. The maximum Gasteiger partial charge on any atom is 0.145 e. The van der Waals surface area contributed by atoms with Gasteiger partial charge in [0.1, 0.15) is 5.82 Å². The van der Waals surface area contributed by atoms with Crippen LogP contribution in [0.3, 0.4) is 0 Å². The van der Waals surface area contributed by atoms with Gasteiger partial charge in [-0.2, -0.15) is 0 Å². The van der Waals surface area contributed by atoms with Crippen LogP contribution >= 0.6 is 0 Å². The fraction of sp³-hybridized carbons (Fsp3) is 0.0227. The van der Waals surface area contributed by atoms with Crippen molar-refractivity contribution in [2.24, 2.45) is 0 Å². The molecule has 0 aliphatic heterocycles. The molecular weight excluding hydrogens is 556 g/mol. The second-order valence-electron chi connectivity index (χ2n) is 11.8. The van der Waals surface area contributed by atoms with Crippen molar-refractivity contribution >= 4 is 44.5 Å². The lowest BCUT2D eigenvalue weighted by molar-refractivity contribution is 1.05. The molecule has 8 aromatic rings. The zero-order chi connectivity index (χ0) is 31.2. The molecule has 0 spiro atoms. The van der Waals surface area contributed by atoms with Gasteiger partial charge in [-0.1, -0.05) is 134 Å². The predicted octanol–water partition coefficient (Wildman–Crippen LogP) is 11.9. The molecule has 1 heterocycles. The van der Waals surface area contributed by atoms with Crippen molar-refractivity contribution in [3.63, 3.8) is 0 Å². The van der Waals surface area contributed by atoms with Crippen molar-refractivity contribution in [1.82, 2.24) is 9.55 Å². The third kappa shape index (κ3) is 4.46. The molecule has 46 heavy (non-hydrogen) atoms. The summed E-state index contributed by atoms with van der Waals surface area (Å²) in [6.07, 6.45) is 3.65. The van der Waals surface area contributed by atoms with E-state index in [2.05, 4.69) is 146 Å². The van der Waals surface area contributed by atoms with Crippen molar-refractivity contribution < 1.29 is 0 Å². The largest absolute Gasteiger partial charge is 0.292 e. The van der Waals surface area contributed by atoms with Gasteiger partial charge in [0.25, 0.3) is 0 Å². The summed E-state index contributed by atoms with van der Waals surface area (Å²) in [5.41, 5.74) is 10.1. The zero-order valence-electron chi connectivity index (χ0n) is 25.7. The van der Waals surface area contributed by atoms with Gasteiger partial charge < -0.3 is 0 Å². The standard InChI is InChI=1S/C44H32N2/c1-4-40-41(5-2)46(35-16-7-6-8-17-35)44(45-40)34-25-23-30-27-33(24-22-31(30)28-34)43-38-20-11-9-18-36(38)42(32-15-13-14-29(3)26-32)37-19-10-12-21-39(37)43/h4-28H,1-2H2,3H3. The topological polar surface area (TPSA) is 17.8 Å². The van der Waals surface area contributed by atoms with Crippen LogP contribution in [-0.4, -0.2) is 9.55 Å². The Labute approximate surface area is 269 Å². The molecule has 8 rings (SSSR count). The molecule has 0 N–H and O–H groups in total. The highest BCUT2D eigenvalue weighted by Crippen LogP contribution is 2.44. The van der Waals surface area contributed by atoms with Crippen molar-refractivity contribution in [1.29, 1.82) is 0 Å². The molecule has 1 aromatic heterocycles. The molecule has 0 unspecified atom stereocenters. The second kappa shape index (κ2) is 11.2. The first-order chi connectivity index (χ1) is 22.6. The summed E-state index contributed by atoms with van der Waals surface area (Å²) in [6.45, 7) is 10.3. The van der Waals surface area contributed by atoms with Gasteiger partial charge in [0.05, 0.1) is 11.4 Å². The molecule has 0 aliphatic carbocycles. The molecule has 2 heteroatoms. The Morgan fingerprint density at radius 2 is 1.07 bits per heavy atom. The van der Waals surface area contributed by atoms with E-state index in [1.54, 1.807) is 6.08 Å². The fourth-order valence-corrected chi connectivity index (χ4v) is 6.92. The van der Waals surface area contributed by atoms with Gasteiger partial charge in [-0.3, -0.25) is 4.57 Å². The average molecular weight is 589 g/mol. The van der Waals surface area contributed by atoms with E-state index in [1.165, 1.54) is 54.7 Å². The summed E-state index contributed by atoms with van der Waals surface area (Å²) in [5, 5.41) is 7.39. The molecule has 0 aliphatic rings. The molecule has 0 bridgehead atoms. The molecular formula is C44H32N2. The van der Waals surface area contributed by atoms with Crippen molar-refractivity contribution in [3.05, 3.63) is 170 Å². The molecule has 7 aromatic carbocycles. The average Bonchev–Trinajstić information content (AvgIpc) is 3.49. The van der Waals surface area contributed by atoms with Gasteiger partial charge in [0.15, 0.2) is 0 Å². The minimum atomic E-state index is 0.817. The number of imidazole rings is 1. The van der Waals surface area contributed by atoms with Crippen LogP contribution in [0.25, 0.3) is 83.8 Å². The number of hydrogen-bond acceptors (Lipinski definition) is 1. The smallest absolute Gasteiger partial charge is 0.145 e. The highest BCUT2D eigenvalue weighted by molar-refractivity contribution is 6.21.